The van der Waals surface area contributed by atoms with E-state index in [9.17, 15) is 0 Å². The van der Waals surface area contributed by atoms with Crippen molar-refractivity contribution in [2.75, 3.05) is 0 Å². The molecule has 1 aromatic heterocycles. The highest BCUT2D eigenvalue weighted by Gasteiger charge is 2.04. The molecule has 0 aliphatic carbocycles. The molecule has 0 atom stereocenters. The van der Waals surface area contributed by atoms with Gasteiger partial charge in [0.1, 0.15) is 0 Å². The van der Waals surface area contributed by atoms with Gasteiger partial charge in [-0.25, -0.2) is 4.98 Å². The van der Waals surface area contributed by atoms with Gasteiger partial charge in [-0.05, 0) is 43.5 Å². The van der Waals surface area contributed by atoms with Crippen molar-refractivity contribution in [3.05, 3.63) is 28.3 Å². The standard InChI is InChI=1S/C10H11NS/c1-6-4-9-10(12-5-11-9)8(3)7(6)2/h4-5H,1-3H3. The number of hydrogen-bond donors (Lipinski definition) is 0. The summed E-state index contributed by atoms with van der Waals surface area (Å²) < 4.78 is 1.33. The monoisotopic (exact) mass is 177 g/mol. The molecule has 1 heterocycles. The molecule has 2 heteroatoms. The van der Waals surface area contributed by atoms with Crippen LogP contribution in [0.2, 0.25) is 0 Å². The third-order valence-corrected chi connectivity index (χ3v) is 3.40. The number of aryl methyl sites for hydroxylation is 2. The molecule has 0 saturated heterocycles. The van der Waals surface area contributed by atoms with Crippen molar-refractivity contribution in [3.63, 3.8) is 0 Å². The number of thiazole rings is 1. The molecule has 0 bridgehead atoms. The summed E-state index contributed by atoms with van der Waals surface area (Å²) in [7, 11) is 0. The van der Waals surface area contributed by atoms with Gasteiger partial charge in [-0.1, -0.05) is 0 Å². The molecule has 0 aliphatic rings. The molecule has 2 aromatic rings. The Morgan fingerprint density at radius 3 is 2.67 bits per heavy atom. The first kappa shape index (κ1) is 7.74. The molecule has 12 heavy (non-hydrogen) atoms. The Morgan fingerprint density at radius 2 is 1.92 bits per heavy atom. The number of fused-ring (bicyclic) bond motifs is 1. The average Bonchev–Trinajstić information content (AvgIpc) is 2.48. The lowest BCUT2D eigenvalue weighted by Crippen LogP contribution is -1.85. The Bertz CT molecular complexity index is 429. The normalized spacial score (nSPS) is 10.9. The smallest absolute Gasteiger partial charge is 0.0817 e. The van der Waals surface area contributed by atoms with E-state index in [-0.39, 0.29) is 0 Å². The fourth-order valence-corrected chi connectivity index (χ4v) is 2.25. The van der Waals surface area contributed by atoms with Crippen LogP contribution in [0, 0.1) is 20.8 Å². The van der Waals surface area contributed by atoms with Gasteiger partial charge in [0.2, 0.25) is 0 Å². The maximum absolute atomic E-state index is 4.30. The lowest BCUT2D eigenvalue weighted by atomic mass is 10.0. The van der Waals surface area contributed by atoms with Gasteiger partial charge in [-0.2, -0.15) is 0 Å². The molecule has 1 nitrogen and oxygen atoms in total. The maximum Gasteiger partial charge on any atom is 0.0817 e. The Hall–Kier alpha value is -0.890. The van der Waals surface area contributed by atoms with Crippen molar-refractivity contribution >= 4 is 21.6 Å². The Balaban J connectivity index is 2.94. The van der Waals surface area contributed by atoms with Crippen LogP contribution >= 0.6 is 11.3 Å². The van der Waals surface area contributed by atoms with Gasteiger partial charge in [-0.3, -0.25) is 0 Å². The van der Waals surface area contributed by atoms with Crippen LogP contribution in [-0.4, -0.2) is 4.98 Å². The molecule has 0 N–H and O–H groups in total. The Morgan fingerprint density at radius 1 is 1.17 bits per heavy atom. The van der Waals surface area contributed by atoms with Gasteiger partial charge in [0, 0.05) is 0 Å². The molecule has 0 saturated carbocycles. The van der Waals surface area contributed by atoms with E-state index in [0.717, 1.165) is 5.52 Å². The Kier molecular flexibility index (Phi) is 1.65. The minimum Gasteiger partial charge on any atom is -0.245 e. The first-order valence-electron chi connectivity index (χ1n) is 4.00. The summed E-state index contributed by atoms with van der Waals surface area (Å²) >= 11 is 1.73. The van der Waals surface area contributed by atoms with Gasteiger partial charge >= 0.3 is 0 Å². The molecular weight excluding hydrogens is 166 g/mol. The van der Waals surface area contributed by atoms with E-state index in [2.05, 4.69) is 31.8 Å². The Labute approximate surface area is 76.1 Å². The molecule has 0 unspecified atom stereocenters. The number of benzene rings is 1. The van der Waals surface area contributed by atoms with Crippen LogP contribution in [-0.2, 0) is 0 Å². The zero-order chi connectivity index (χ0) is 8.72. The summed E-state index contributed by atoms with van der Waals surface area (Å²) in [6.07, 6.45) is 0. The molecule has 0 spiro atoms. The van der Waals surface area contributed by atoms with E-state index in [0.29, 0.717) is 0 Å². The van der Waals surface area contributed by atoms with Gasteiger partial charge in [0.15, 0.2) is 0 Å². The summed E-state index contributed by atoms with van der Waals surface area (Å²) in [4.78, 5) is 4.30. The van der Waals surface area contributed by atoms with Gasteiger partial charge in [-0.15, -0.1) is 11.3 Å². The van der Waals surface area contributed by atoms with Crippen LogP contribution in [0.5, 0.6) is 0 Å². The topological polar surface area (TPSA) is 12.9 Å². The molecule has 62 valence electrons. The number of nitrogens with zero attached hydrogens (tertiary/aromatic N) is 1. The predicted octanol–water partition coefficient (Wildman–Crippen LogP) is 3.22. The SMILES string of the molecule is Cc1cc2ncsc2c(C)c1C. The maximum atomic E-state index is 4.30. The highest BCUT2D eigenvalue weighted by molar-refractivity contribution is 7.16. The van der Waals surface area contributed by atoms with E-state index < -0.39 is 0 Å². The van der Waals surface area contributed by atoms with Crippen LogP contribution < -0.4 is 0 Å². The van der Waals surface area contributed by atoms with E-state index in [1.54, 1.807) is 11.3 Å². The van der Waals surface area contributed by atoms with Crippen LogP contribution in [0.4, 0.5) is 0 Å². The summed E-state index contributed by atoms with van der Waals surface area (Å²) in [5.74, 6) is 0. The van der Waals surface area contributed by atoms with E-state index >= 15 is 0 Å². The highest BCUT2D eigenvalue weighted by atomic mass is 32.1. The largest absolute Gasteiger partial charge is 0.245 e. The lowest BCUT2D eigenvalue weighted by Gasteiger charge is -2.04. The van der Waals surface area contributed by atoms with Crippen molar-refractivity contribution in [3.8, 4) is 0 Å². The minimum atomic E-state index is 1.14. The molecule has 0 fully saturated rings. The first-order valence-corrected chi connectivity index (χ1v) is 4.88. The highest BCUT2D eigenvalue weighted by Crippen LogP contribution is 2.26. The molecule has 0 radical (unpaired) electrons. The van der Waals surface area contributed by atoms with E-state index in [4.69, 9.17) is 0 Å². The lowest BCUT2D eigenvalue weighted by molar-refractivity contribution is 1.29. The number of rotatable bonds is 0. The zero-order valence-corrected chi connectivity index (χ0v) is 8.33. The molecular formula is C10H11NS. The van der Waals surface area contributed by atoms with E-state index in [1.165, 1.54) is 21.4 Å². The second-order valence-corrected chi connectivity index (χ2v) is 4.00. The third kappa shape index (κ3) is 0.950. The predicted molar refractivity (Wildman–Crippen MR) is 53.8 cm³/mol. The quantitative estimate of drug-likeness (QED) is 0.602. The first-order chi connectivity index (χ1) is 5.70. The van der Waals surface area contributed by atoms with Crippen LogP contribution in [0.1, 0.15) is 16.7 Å². The van der Waals surface area contributed by atoms with Gasteiger partial charge in [0.05, 0.1) is 15.7 Å². The van der Waals surface area contributed by atoms with E-state index in [1.807, 2.05) is 5.51 Å². The third-order valence-electron chi connectivity index (χ3n) is 2.44. The summed E-state index contributed by atoms with van der Waals surface area (Å²) in [5, 5.41) is 0. The van der Waals surface area contributed by atoms with Crippen molar-refractivity contribution in [1.82, 2.24) is 4.98 Å². The summed E-state index contributed by atoms with van der Waals surface area (Å²) in [5.41, 5.74) is 7.17. The van der Waals surface area contributed by atoms with Crippen LogP contribution in [0.15, 0.2) is 11.6 Å². The minimum absolute atomic E-state index is 1.14. The van der Waals surface area contributed by atoms with Crippen molar-refractivity contribution in [2.45, 2.75) is 20.8 Å². The van der Waals surface area contributed by atoms with Gasteiger partial charge in [0.25, 0.3) is 0 Å². The van der Waals surface area contributed by atoms with Crippen LogP contribution in [0.25, 0.3) is 10.2 Å². The summed E-state index contributed by atoms with van der Waals surface area (Å²) in [6, 6.07) is 2.16. The molecule has 0 amide bonds. The van der Waals surface area contributed by atoms with Gasteiger partial charge < -0.3 is 0 Å². The second-order valence-electron chi connectivity index (χ2n) is 3.14. The fourth-order valence-electron chi connectivity index (χ4n) is 1.42. The zero-order valence-electron chi connectivity index (χ0n) is 7.51. The average molecular weight is 177 g/mol. The fraction of sp³-hybridized carbons (Fsp3) is 0.300. The van der Waals surface area contributed by atoms with Crippen LogP contribution in [0.3, 0.4) is 0 Å². The number of hydrogen-bond acceptors (Lipinski definition) is 2. The van der Waals surface area contributed by atoms with Crippen molar-refractivity contribution in [1.29, 1.82) is 0 Å². The van der Waals surface area contributed by atoms with Crippen molar-refractivity contribution in [2.24, 2.45) is 0 Å². The summed E-state index contributed by atoms with van der Waals surface area (Å²) in [6.45, 7) is 6.48. The molecule has 1 aromatic carbocycles. The second kappa shape index (κ2) is 2.56. The molecule has 0 aliphatic heterocycles. The molecule has 2 rings (SSSR count). The number of aromatic nitrogens is 1. The van der Waals surface area contributed by atoms with Crippen molar-refractivity contribution < 1.29 is 0 Å².